The zero-order chi connectivity index (χ0) is 36.5. The molecule has 1 N–H and O–H groups in total. The van der Waals surface area contributed by atoms with Crippen molar-refractivity contribution in [3.63, 3.8) is 0 Å². The number of benzene rings is 2. The van der Waals surface area contributed by atoms with Crippen molar-refractivity contribution in [3.8, 4) is 28.7 Å². The Morgan fingerprint density at radius 2 is 1.91 bits per heavy atom. The summed E-state index contributed by atoms with van der Waals surface area (Å²) in [6, 6.07) is 14.7. The molecule has 13 nitrogen and oxygen atoms in total. The van der Waals surface area contributed by atoms with Crippen LogP contribution >= 0.6 is 11.3 Å². The number of hydrogen-bond donors (Lipinski definition) is 1. The van der Waals surface area contributed by atoms with Crippen LogP contribution in [0.15, 0.2) is 60.9 Å². The first-order valence-electron chi connectivity index (χ1n) is 17.0. The average Bonchev–Trinajstić information content (AvgIpc) is 3.89. The molecule has 53 heavy (non-hydrogen) atoms. The Morgan fingerprint density at radius 3 is 2.75 bits per heavy atom. The Kier molecular flexibility index (Phi) is 9.14. The molecule has 3 aliphatic rings. The molecule has 0 bridgehead atoms. The Hall–Kier alpha value is -6.35. The predicted molar refractivity (Wildman–Crippen MR) is 190 cm³/mol. The molecule has 0 saturated carbocycles. The van der Waals surface area contributed by atoms with Gasteiger partial charge in [0, 0.05) is 35.9 Å². The number of hydrogen-bond acceptors (Lipinski definition) is 10. The number of fused-ring (bicyclic) bond motifs is 4. The van der Waals surface area contributed by atoms with E-state index in [1.54, 1.807) is 41.9 Å². The van der Waals surface area contributed by atoms with Crippen LogP contribution < -0.4 is 5.32 Å². The smallest absolute Gasteiger partial charge is 0.328 e. The van der Waals surface area contributed by atoms with E-state index in [1.165, 1.54) is 9.58 Å². The first kappa shape index (κ1) is 33.8. The number of piperidine rings is 1. The van der Waals surface area contributed by atoms with Gasteiger partial charge in [-0.15, -0.1) is 21.5 Å². The summed E-state index contributed by atoms with van der Waals surface area (Å²) >= 11 is 1.58. The lowest BCUT2D eigenvalue weighted by molar-refractivity contribution is -0.143. The SMILES string of the molecule is Cc1nnc2n1-c1sc(C#Cc3cnn(CC(=O)OCC#Cc4cccc5c4CN(C4CCC(=O)NC4=O)C5=O)c3)c(Cc3ccccc3)c1COC2. The molecule has 1 fully saturated rings. The number of thiophene rings is 1. The van der Waals surface area contributed by atoms with Gasteiger partial charge in [0.1, 0.15) is 30.0 Å². The topological polar surface area (TPSA) is 151 Å². The Morgan fingerprint density at radius 1 is 1.04 bits per heavy atom. The maximum Gasteiger partial charge on any atom is 0.328 e. The lowest BCUT2D eigenvalue weighted by Gasteiger charge is -2.29. The van der Waals surface area contributed by atoms with Crippen molar-refractivity contribution >= 4 is 35.0 Å². The molecule has 2 aromatic carbocycles. The van der Waals surface area contributed by atoms with Gasteiger partial charge in [-0.3, -0.25) is 33.7 Å². The molecular weight excluding hydrogens is 695 g/mol. The van der Waals surface area contributed by atoms with Crippen molar-refractivity contribution in [3.05, 3.63) is 116 Å². The number of imide groups is 1. The Labute approximate surface area is 307 Å². The fraction of sp³-hybridized carbons (Fsp3) is 0.256. The van der Waals surface area contributed by atoms with Crippen LogP contribution in [0.25, 0.3) is 5.00 Å². The lowest BCUT2D eigenvalue weighted by atomic mass is 10.0. The quantitative estimate of drug-likeness (QED) is 0.158. The molecular formula is C39H31N7O6S. The van der Waals surface area contributed by atoms with Crippen molar-refractivity contribution < 1.29 is 28.7 Å². The van der Waals surface area contributed by atoms with Gasteiger partial charge in [-0.1, -0.05) is 60.1 Å². The molecule has 5 aromatic rings. The van der Waals surface area contributed by atoms with E-state index in [0.29, 0.717) is 41.9 Å². The molecule has 3 aromatic heterocycles. The first-order valence-corrected chi connectivity index (χ1v) is 17.8. The van der Waals surface area contributed by atoms with Crippen LogP contribution in [0.5, 0.6) is 0 Å². The van der Waals surface area contributed by atoms with E-state index >= 15 is 0 Å². The standard InChI is InChI=1S/C39H31N7O6S/c1-24-42-43-34-23-51-22-31-29(17-25-7-3-2-4-8-25)33(53-39(31)46(24)34)14-12-26-18-40-44(19-26)21-36(48)52-16-6-10-27-9-5-11-28-30(27)20-45(38(28)50)32-13-15-35(47)41-37(32)49/h2-5,7-9,11,18-19,32H,13,15-17,20-23H2,1H3,(H,41,47,49). The number of rotatable bonds is 6. The van der Waals surface area contributed by atoms with E-state index in [1.807, 2.05) is 29.7 Å². The second kappa shape index (κ2) is 14.3. The van der Waals surface area contributed by atoms with E-state index < -0.39 is 17.9 Å². The largest absolute Gasteiger partial charge is 0.451 e. The van der Waals surface area contributed by atoms with Gasteiger partial charge < -0.3 is 14.4 Å². The number of aryl methyl sites for hydroxylation is 1. The van der Waals surface area contributed by atoms with Gasteiger partial charge in [-0.05, 0) is 48.6 Å². The number of carbonyl (C=O) groups excluding carboxylic acids is 4. The second-order valence-corrected chi connectivity index (χ2v) is 13.7. The summed E-state index contributed by atoms with van der Waals surface area (Å²) < 4.78 is 14.9. The molecule has 8 rings (SSSR count). The third-order valence-corrected chi connectivity index (χ3v) is 10.4. The zero-order valence-electron chi connectivity index (χ0n) is 28.5. The molecule has 0 spiro atoms. The fourth-order valence-corrected chi connectivity index (χ4v) is 7.93. The van der Waals surface area contributed by atoms with Crippen LogP contribution in [0, 0.1) is 30.6 Å². The molecule has 264 valence electrons. The number of esters is 1. The molecule has 1 unspecified atom stereocenters. The summed E-state index contributed by atoms with van der Waals surface area (Å²) in [5.74, 6) is 12.4. The van der Waals surface area contributed by atoms with Crippen molar-refractivity contribution in [2.24, 2.45) is 0 Å². The van der Waals surface area contributed by atoms with E-state index in [4.69, 9.17) is 9.47 Å². The van der Waals surface area contributed by atoms with Gasteiger partial charge in [-0.2, -0.15) is 5.10 Å². The maximum atomic E-state index is 13.1. The fourth-order valence-electron chi connectivity index (χ4n) is 6.68. The summed E-state index contributed by atoms with van der Waals surface area (Å²) in [4.78, 5) is 52.1. The van der Waals surface area contributed by atoms with Gasteiger partial charge in [0.05, 0.1) is 23.2 Å². The minimum atomic E-state index is -0.713. The van der Waals surface area contributed by atoms with Crippen LogP contribution in [-0.4, -0.2) is 65.8 Å². The van der Waals surface area contributed by atoms with Crippen LogP contribution in [0.1, 0.15) is 73.1 Å². The van der Waals surface area contributed by atoms with Crippen LogP contribution in [0.4, 0.5) is 0 Å². The molecule has 1 saturated heterocycles. The molecule has 14 heteroatoms. The minimum absolute atomic E-state index is 0.126. The van der Waals surface area contributed by atoms with Crippen molar-refractivity contribution in [2.45, 2.75) is 58.5 Å². The molecule has 0 aliphatic carbocycles. The van der Waals surface area contributed by atoms with Gasteiger partial charge >= 0.3 is 5.97 Å². The Balaban J connectivity index is 0.925. The van der Waals surface area contributed by atoms with Gasteiger partial charge in [0.2, 0.25) is 11.8 Å². The van der Waals surface area contributed by atoms with Gasteiger partial charge in [0.25, 0.3) is 5.91 Å². The van der Waals surface area contributed by atoms with Crippen molar-refractivity contribution in [1.29, 1.82) is 0 Å². The predicted octanol–water partition coefficient (Wildman–Crippen LogP) is 3.21. The summed E-state index contributed by atoms with van der Waals surface area (Å²) in [6.07, 6.45) is 4.45. The normalized spacial score (nSPS) is 16.0. The number of aromatic nitrogens is 5. The van der Waals surface area contributed by atoms with E-state index in [9.17, 15) is 19.2 Å². The van der Waals surface area contributed by atoms with Crippen molar-refractivity contribution in [1.82, 2.24) is 34.8 Å². The first-order chi connectivity index (χ1) is 25.8. The van der Waals surface area contributed by atoms with Gasteiger partial charge in [-0.25, -0.2) is 0 Å². The van der Waals surface area contributed by atoms with E-state index in [0.717, 1.165) is 38.2 Å². The van der Waals surface area contributed by atoms with Gasteiger partial charge in [0.15, 0.2) is 12.4 Å². The molecule has 3 amide bonds. The molecule has 6 heterocycles. The third kappa shape index (κ3) is 6.85. The van der Waals surface area contributed by atoms with Crippen LogP contribution in [0.2, 0.25) is 0 Å². The number of carbonyl (C=O) groups is 4. The highest BCUT2D eigenvalue weighted by Crippen LogP contribution is 2.37. The van der Waals surface area contributed by atoms with Crippen molar-refractivity contribution in [2.75, 3.05) is 6.61 Å². The maximum absolute atomic E-state index is 13.1. The molecule has 0 radical (unpaired) electrons. The summed E-state index contributed by atoms with van der Waals surface area (Å²) in [5.41, 5.74) is 5.75. The highest BCUT2D eigenvalue weighted by Gasteiger charge is 2.39. The highest BCUT2D eigenvalue weighted by molar-refractivity contribution is 7.15. The molecule has 3 aliphatic heterocycles. The summed E-state index contributed by atoms with van der Waals surface area (Å²) in [6.45, 7) is 2.67. The number of nitrogens with one attached hydrogen (secondary N) is 1. The monoisotopic (exact) mass is 725 g/mol. The average molecular weight is 726 g/mol. The van der Waals surface area contributed by atoms with Crippen LogP contribution in [-0.2, 0) is 56.6 Å². The third-order valence-electron chi connectivity index (χ3n) is 9.25. The number of amides is 3. The number of ether oxygens (including phenoxy) is 2. The highest BCUT2D eigenvalue weighted by atomic mass is 32.1. The number of nitrogens with zero attached hydrogens (tertiary/aromatic N) is 6. The summed E-state index contributed by atoms with van der Waals surface area (Å²) in [7, 11) is 0. The van der Waals surface area contributed by atoms with Crippen LogP contribution in [0.3, 0.4) is 0 Å². The summed E-state index contributed by atoms with van der Waals surface area (Å²) in [5, 5.41) is 16.2. The molecule has 1 atom stereocenters. The van der Waals surface area contributed by atoms with E-state index in [-0.39, 0.29) is 44.4 Å². The Bertz CT molecular complexity index is 2420. The minimum Gasteiger partial charge on any atom is -0.451 e. The second-order valence-electron chi connectivity index (χ2n) is 12.7. The van der Waals surface area contributed by atoms with E-state index in [2.05, 4.69) is 56.4 Å². The zero-order valence-corrected chi connectivity index (χ0v) is 29.4. The lowest BCUT2D eigenvalue weighted by Crippen LogP contribution is -2.52.